The number of hydrogen-bond donors (Lipinski definition) is 1. The van der Waals surface area contributed by atoms with E-state index in [-0.39, 0.29) is 24.0 Å². The quantitative estimate of drug-likeness (QED) is 0.803. The Bertz CT molecular complexity index is 700. The van der Waals surface area contributed by atoms with Crippen LogP contribution in [-0.2, 0) is 21.2 Å². The summed E-state index contributed by atoms with van der Waals surface area (Å²) in [7, 11) is -3.21. The Hall–Kier alpha value is -1.89. The molecule has 6 nitrogen and oxygen atoms in total. The van der Waals surface area contributed by atoms with Gasteiger partial charge in [0.2, 0.25) is 5.91 Å². The van der Waals surface area contributed by atoms with Gasteiger partial charge in [-0.15, -0.1) is 0 Å². The zero-order valence-corrected chi connectivity index (χ0v) is 14.2. The van der Waals surface area contributed by atoms with Gasteiger partial charge in [-0.05, 0) is 24.5 Å². The fourth-order valence-corrected chi connectivity index (χ4v) is 3.30. The van der Waals surface area contributed by atoms with Crippen LogP contribution in [-0.4, -0.2) is 49.7 Å². The van der Waals surface area contributed by atoms with Gasteiger partial charge in [0, 0.05) is 24.9 Å². The molecule has 1 N–H and O–H groups in total. The second-order valence-electron chi connectivity index (χ2n) is 5.82. The molecule has 1 aromatic carbocycles. The van der Waals surface area contributed by atoms with Crippen molar-refractivity contribution in [3.05, 3.63) is 35.4 Å². The number of sulfone groups is 1. The molecule has 0 aliphatic carbocycles. The van der Waals surface area contributed by atoms with E-state index in [1.807, 2.05) is 19.1 Å². The third kappa shape index (κ3) is 4.31. The minimum atomic E-state index is -3.21. The Morgan fingerprint density at radius 1 is 1.35 bits per heavy atom. The Morgan fingerprint density at radius 2 is 2.04 bits per heavy atom. The molecule has 0 saturated heterocycles. The Labute approximate surface area is 136 Å². The average Bonchev–Trinajstić information content (AvgIpc) is 2.82. The van der Waals surface area contributed by atoms with Crippen LogP contribution in [0.2, 0.25) is 0 Å². The molecule has 1 aliphatic rings. The van der Waals surface area contributed by atoms with Crippen LogP contribution in [0.3, 0.4) is 0 Å². The van der Waals surface area contributed by atoms with Crippen LogP contribution in [0.5, 0.6) is 0 Å². The van der Waals surface area contributed by atoms with E-state index >= 15 is 0 Å². The molecule has 126 valence electrons. The average molecular weight is 338 g/mol. The van der Waals surface area contributed by atoms with E-state index in [0.29, 0.717) is 18.7 Å². The highest BCUT2D eigenvalue weighted by atomic mass is 32.2. The van der Waals surface area contributed by atoms with Gasteiger partial charge in [0.25, 0.3) is 5.91 Å². The number of nitrogens with one attached hydrogen (secondary N) is 1. The number of nitrogens with zero attached hydrogens (tertiary/aromatic N) is 1. The van der Waals surface area contributed by atoms with Crippen molar-refractivity contribution in [1.82, 2.24) is 10.2 Å². The maximum atomic E-state index is 12.5. The topological polar surface area (TPSA) is 83.6 Å². The first-order chi connectivity index (χ1) is 10.8. The van der Waals surface area contributed by atoms with Crippen molar-refractivity contribution in [3.8, 4) is 0 Å². The molecule has 23 heavy (non-hydrogen) atoms. The summed E-state index contributed by atoms with van der Waals surface area (Å²) in [6.07, 6.45) is 2.02. The molecule has 1 heterocycles. The van der Waals surface area contributed by atoms with Crippen LogP contribution >= 0.6 is 0 Å². The van der Waals surface area contributed by atoms with Crippen LogP contribution in [0.25, 0.3) is 0 Å². The zero-order valence-electron chi connectivity index (χ0n) is 13.4. The molecule has 1 atom stereocenters. The first kappa shape index (κ1) is 17.5. The molecule has 7 heteroatoms. The summed E-state index contributed by atoms with van der Waals surface area (Å²) in [5, 5.41) is 2.77. The molecule has 0 aromatic heterocycles. The highest BCUT2D eigenvalue weighted by Crippen LogP contribution is 2.25. The predicted octanol–water partition coefficient (Wildman–Crippen LogP) is 0.972. The summed E-state index contributed by atoms with van der Waals surface area (Å²) >= 11 is 0. The van der Waals surface area contributed by atoms with E-state index in [2.05, 4.69) is 5.32 Å². The standard InChI is InChI=1S/C16H22N2O4S/c1-3-9-17-15(19)14(8-10-23(2,21)22)18-11-12-6-4-5-7-13(12)16(18)20/h4-7,14H,3,8-11H2,1-2H3,(H,17,19). The number of carbonyl (C=O) groups excluding carboxylic acids is 2. The number of hydrogen-bond acceptors (Lipinski definition) is 4. The lowest BCUT2D eigenvalue weighted by molar-refractivity contribution is -0.125. The van der Waals surface area contributed by atoms with Crippen LogP contribution < -0.4 is 5.32 Å². The van der Waals surface area contributed by atoms with Gasteiger partial charge >= 0.3 is 0 Å². The highest BCUT2D eigenvalue weighted by molar-refractivity contribution is 7.90. The number of rotatable bonds is 7. The maximum absolute atomic E-state index is 12.5. The van der Waals surface area contributed by atoms with E-state index in [0.717, 1.165) is 18.2 Å². The van der Waals surface area contributed by atoms with Crippen LogP contribution in [0.4, 0.5) is 0 Å². The summed E-state index contributed by atoms with van der Waals surface area (Å²) in [6.45, 7) is 2.77. The van der Waals surface area contributed by atoms with Crippen molar-refractivity contribution < 1.29 is 18.0 Å². The molecule has 0 radical (unpaired) electrons. The van der Waals surface area contributed by atoms with Gasteiger partial charge in [-0.25, -0.2) is 8.42 Å². The molecule has 0 fully saturated rings. The molecular weight excluding hydrogens is 316 g/mol. The van der Waals surface area contributed by atoms with Crippen molar-refractivity contribution in [3.63, 3.8) is 0 Å². The SMILES string of the molecule is CCCNC(=O)C(CCS(C)(=O)=O)N1Cc2ccccc2C1=O. The van der Waals surface area contributed by atoms with Gasteiger partial charge in [-0.2, -0.15) is 0 Å². The van der Waals surface area contributed by atoms with Gasteiger partial charge in [0.1, 0.15) is 15.9 Å². The lowest BCUT2D eigenvalue weighted by Gasteiger charge is -2.26. The minimum Gasteiger partial charge on any atom is -0.354 e. The largest absolute Gasteiger partial charge is 0.354 e. The summed E-state index contributed by atoms with van der Waals surface area (Å²) in [5.41, 5.74) is 1.45. The van der Waals surface area contributed by atoms with Gasteiger partial charge < -0.3 is 10.2 Å². The van der Waals surface area contributed by atoms with E-state index in [1.165, 1.54) is 4.90 Å². The minimum absolute atomic E-state index is 0.105. The molecule has 0 spiro atoms. The van der Waals surface area contributed by atoms with Crippen molar-refractivity contribution in [2.75, 3.05) is 18.6 Å². The molecular formula is C16H22N2O4S. The first-order valence-electron chi connectivity index (χ1n) is 7.68. The van der Waals surface area contributed by atoms with Gasteiger partial charge in [0.15, 0.2) is 0 Å². The normalized spacial score (nSPS) is 15.4. The lowest BCUT2D eigenvalue weighted by Crippen LogP contribution is -2.48. The van der Waals surface area contributed by atoms with Crippen molar-refractivity contribution in [2.24, 2.45) is 0 Å². The second-order valence-corrected chi connectivity index (χ2v) is 8.08. The first-order valence-corrected chi connectivity index (χ1v) is 9.74. The third-order valence-electron chi connectivity index (χ3n) is 3.84. The van der Waals surface area contributed by atoms with E-state index in [9.17, 15) is 18.0 Å². The highest BCUT2D eigenvalue weighted by Gasteiger charge is 2.36. The van der Waals surface area contributed by atoms with Gasteiger partial charge in [-0.1, -0.05) is 25.1 Å². The molecule has 0 bridgehead atoms. The molecule has 1 aliphatic heterocycles. The molecule has 2 amide bonds. The van der Waals surface area contributed by atoms with E-state index in [4.69, 9.17) is 0 Å². The van der Waals surface area contributed by atoms with Crippen LogP contribution in [0.15, 0.2) is 24.3 Å². The fraction of sp³-hybridized carbons (Fsp3) is 0.500. The van der Waals surface area contributed by atoms with Gasteiger partial charge in [0.05, 0.1) is 5.75 Å². The number of benzene rings is 1. The van der Waals surface area contributed by atoms with Crippen molar-refractivity contribution in [2.45, 2.75) is 32.4 Å². The summed E-state index contributed by atoms with van der Waals surface area (Å²) in [5.74, 6) is -0.639. The van der Waals surface area contributed by atoms with Crippen LogP contribution in [0.1, 0.15) is 35.7 Å². The van der Waals surface area contributed by atoms with Crippen molar-refractivity contribution in [1.29, 1.82) is 0 Å². The maximum Gasteiger partial charge on any atom is 0.255 e. The summed E-state index contributed by atoms with van der Waals surface area (Å²) < 4.78 is 22.9. The lowest BCUT2D eigenvalue weighted by atomic mass is 10.1. The monoisotopic (exact) mass is 338 g/mol. The smallest absolute Gasteiger partial charge is 0.255 e. The molecule has 1 aromatic rings. The van der Waals surface area contributed by atoms with Crippen LogP contribution in [0, 0.1) is 0 Å². The Balaban J connectivity index is 2.20. The van der Waals surface area contributed by atoms with Crippen molar-refractivity contribution >= 4 is 21.7 Å². The van der Waals surface area contributed by atoms with E-state index < -0.39 is 15.9 Å². The second kappa shape index (κ2) is 7.12. The molecule has 1 unspecified atom stereocenters. The summed E-state index contributed by atoms with van der Waals surface area (Å²) in [6, 6.07) is 6.44. The number of fused-ring (bicyclic) bond motifs is 1. The predicted molar refractivity (Wildman–Crippen MR) is 87.7 cm³/mol. The Kier molecular flexibility index (Phi) is 5.41. The summed E-state index contributed by atoms with van der Waals surface area (Å²) in [4.78, 5) is 26.4. The zero-order chi connectivity index (χ0) is 17.0. The number of carbonyl (C=O) groups is 2. The molecule has 2 rings (SSSR count). The van der Waals surface area contributed by atoms with E-state index in [1.54, 1.807) is 12.1 Å². The molecule has 0 saturated carbocycles. The Morgan fingerprint density at radius 3 is 2.65 bits per heavy atom. The number of amides is 2. The third-order valence-corrected chi connectivity index (χ3v) is 4.82. The fourth-order valence-electron chi connectivity index (χ4n) is 2.65. The van der Waals surface area contributed by atoms with Gasteiger partial charge in [-0.3, -0.25) is 9.59 Å².